The summed E-state index contributed by atoms with van der Waals surface area (Å²) in [7, 11) is 0. The second-order valence-corrected chi connectivity index (χ2v) is 7.62. The van der Waals surface area contributed by atoms with E-state index < -0.39 is 5.97 Å². The molecule has 3 nitrogen and oxygen atoms in total. The van der Waals surface area contributed by atoms with Crippen LogP contribution in [0.1, 0.15) is 10.4 Å². The number of benzene rings is 5. The van der Waals surface area contributed by atoms with Gasteiger partial charge in [0.25, 0.3) is 0 Å². The van der Waals surface area contributed by atoms with Gasteiger partial charge in [-0.1, -0.05) is 84.4 Å². The first-order valence-corrected chi connectivity index (χ1v) is 10.2. The number of ether oxygens (including phenoxy) is 1. The monoisotopic (exact) mass is 424 g/mol. The number of hydrogen-bond acceptors (Lipinski definition) is 3. The lowest BCUT2D eigenvalue weighted by Gasteiger charge is -2.17. The van der Waals surface area contributed by atoms with Crippen LogP contribution in [-0.2, 0) is 0 Å². The second kappa shape index (κ2) is 7.78. The molecular weight excluding hydrogens is 408 g/mol. The van der Waals surface area contributed by atoms with Gasteiger partial charge in [-0.2, -0.15) is 0 Å². The molecule has 1 N–H and O–H groups in total. The van der Waals surface area contributed by atoms with Crippen molar-refractivity contribution in [1.29, 1.82) is 0 Å². The van der Waals surface area contributed by atoms with Crippen molar-refractivity contribution < 1.29 is 14.6 Å². The molecule has 0 heterocycles. The molecule has 0 aliphatic heterocycles. The van der Waals surface area contributed by atoms with Gasteiger partial charge in [0.05, 0.1) is 10.6 Å². The van der Waals surface area contributed by atoms with Crippen LogP contribution in [0.25, 0.3) is 32.7 Å². The predicted molar refractivity (Wildman–Crippen MR) is 125 cm³/mol. The molecule has 0 amide bonds. The van der Waals surface area contributed by atoms with Crippen molar-refractivity contribution >= 4 is 39.1 Å². The van der Waals surface area contributed by atoms with Crippen LogP contribution >= 0.6 is 11.6 Å². The fourth-order valence-electron chi connectivity index (χ4n) is 3.90. The maximum Gasteiger partial charge on any atom is 0.345 e. The van der Waals surface area contributed by atoms with Crippen molar-refractivity contribution in [1.82, 2.24) is 0 Å². The minimum absolute atomic E-state index is 0.116. The van der Waals surface area contributed by atoms with Crippen molar-refractivity contribution in [2.45, 2.75) is 0 Å². The molecule has 5 aromatic carbocycles. The SMILES string of the molecule is O=C(Oc1ccc2ccccc2c1-c1c(O)ccc2ccccc12)c1ccccc1Cl. The number of carbonyl (C=O) groups excluding carboxylic acids is 1. The Morgan fingerprint density at radius 2 is 1.26 bits per heavy atom. The van der Waals surface area contributed by atoms with Crippen LogP contribution in [0.4, 0.5) is 0 Å². The van der Waals surface area contributed by atoms with Crippen molar-refractivity contribution in [2.24, 2.45) is 0 Å². The van der Waals surface area contributed by atoms with E-state index in [1.54, 1.807) is 36.4 Å². The lowest BCUT2D eigenvalue weighted by atomic mass is 9.92. The van der Waals surface area contributed by atoms with E-state index in [1.165, 1.54) is 0 Å². The molecule has 0 fully saturated rings. The van der Waals surface area contributed by atoms with Gasteiger partial charge in [-0.25, -0.2) is 4.79 Å². The Balaban J connectivity index is 1.78. The van der Waals surface area contributed by atoms with Gasteiger partial charge in [0.15, 0.2) is 0 Å². The van der Waals surface area contributed by atoms with Gasteiger partial charge >= 0.3 is 5.97 Å². The Morgan fingerprint density at radius 3 is 1.97 bits per heavy atom. The van der Waals surface area contributed by atoms with Gasteiger partial charge < -0.3 is 9.84 Å². The van der Waals surface area contributed by atoms with Crippen molar-refractivity contribution in [3.8, 4) is 22.6 Å². The van der Waals surface area contributed by atoms with Gasteiger partial charge in [-0.05, 0) is 45.8 Å². The Labute approximate surface area is 184 Å². The molecule has 0 saturated carbocycles. The average Bonchev–Trinajstić information content (AvgIpc) is 2.80. The van der Waals surface area contributed by atoms with Gasteiger partial charge in [0.2, 0.25) is 0 Å². The van der Waals surface area contributed by atoms with E-state index in [4.69, 9.17) is 16.3 Å². The van der Waals surface area contributed by atoms with Crippen LogP contribution in [0.15, 0.2) is 97.1 Å². The van der Waals surface area contributed by atoms with E-state index in [0.29, 0.717) is 21.9 Å². The zero-order chi connectivity index (χ0) is 21.4. The largest absolute Gasteiger partial charge is 0.507 e. The summed E-state index contributed by atoms with van der Waals surface area (Å²) < 4.78 is 5.84. The number of rotatable bonds is 3. The third-order valence-corrected chi connectivity index (χ3v) is 5.67. The molecule has 5 rings (SSSR count). The molecule has 0 aromatic heterocycles. The lowest BCUT2D eigenvalue weighted by molar-refractivity contribution is 0.0736. The number of halogens is 1. The third-order valence-electron chi connectivity index (χ3n) is 5.34. The highest BCUT2D eigenvalue weighted by molar-refractivity contribution is 6.33. The standard InChI is InChI=1S/C27H17ClO3/c28-22-12-6-5-11-21(22)27(30)31-24-16-14-18-8-2-4-10-20(18)26(24)25-19-9-3-1-7-17(19)13-15-23(25)29/h1-16,29H. The van der Waals surface area contributed by atoms with E-state index in [0.717, 1.165) is 21.5 Å². The number of esters is 1. The van der Waals surface area contributed by atoms with Gasteiger partial charge in [0.1, 0.15) is 11.5 Å². The highest BCUT2D eigenvalue weighted by atomic mass is 35.5. The zero-order valence-corrected chi connectivity index (χ0v) is 17.1. The molecule has 4 heteroatoms. The van der Waals surface area contributed by atoms with Gasteiger partial charge in [-0.3, -0.25) is 0 Å². The number of carbonyl (C=O) groups is 1. The van der Waals surface area contributed by atoms with E-state index in [1.807, 2.05) is 60.7 Å². The summed E-state index contributed by atoms with van der Waals surface area (Å²) in [6, 6.07) is 29.6. The Kier molecular flexibility index (Phi) is 4.81. The molecule has 0 saturated heterocycles. The molecule has 0 aliphatic rings. The number of fused-ring (bicyclic) bond motifs is 2. The summed E-state index contributed by atoms with van der Waals surface area (Å²) in [6.45, 7) is 0. The quantitative estimate of drug-likeness (QED) is 0.245. The summed E-state index contributed by atoms with van der Waals surface area (Å²) in [5, 5.41) is 14.9. The molecule has 0 atom stereocenters. The summed E-state index contributed by atoms with van der Waals surface area (Å²) >= 11 is 6.20. The van der Waals surface area contributed by atoms with E-state index in [9.17, 15) is 9.90 Å². The molecular formula is C27H17ClO3. The highest BCUT2D eigenvalue weighted by Crippen LogP contribution is 2.45. The number of phenolic OH excluding ortho intramolecular Hbond substituents is 1. The summed E-state index contributed by atoms with van der Waals surface area (Å²) in [6.07, 6.45) is 0. The fraction of sp³-hybridized carbons (Fsp3) is 0. The topological polar surface area (TPSA) is 46.5 Å². The normalized spacial score (nSPS) is 11.0. The molecule has 0 bridgehead atoms. The number of aromatic hydroxyl groups is 1. The molecule has 5 aromatic rings. The highest BCUT2D eigenvalue weighted by Gasteiger charge is 2.21. The summed E-state index contributed by atoms with van der Waals surface area (Å²) in [5.74, 6) is -0.0813. The van der Waals surface area contributed by atoms with Crippen molar-refractivity contribution in [3.63, 3.8) is 0 Å². The van der Waals surface area contributed by atoms with E-state index >= 15 is 0 Å². The van der Waals surface area contributed by atoms with Crippen LogP contribution < -0.4 is 4.74 Å². The van der Waals surface area contributed by atoms with Gasteiger partial charge in [0, 0.05) is 11.1 Å². The maximum absolute atomic E-state index is 12.9. The predicted octanol–water partition coefficient (Wildman–Crippen LogP) is 7.24. The van der Waals surface area contributed by atoms with Crippen molar-refractivity contribution in [3.05, 3.63) is 108 Å². The first-order valence-electron chi connectivity index (χ1n) is 9.83. The maximum atomic E-state index is 12.9. The minimum atomic E-state index is -0.554. The fourth-order valence-corrected chi connectivity index (χ4v) is 4.11. The average molecular weight is 425 g/mol. The third kappa shape index (κ3) is 3.39. The summed E-state index contributed by atoms with van der Waals surface area (Å²) in [5.41, 5.74) is 1.56. The summed E-state index contributed by atoms with van der Waals surface area (Å²) in [4.78, 5) is 12.9. The Hall–Kier alpha value is -3.82. The molecule has 31 heavy (non-hydrogen) atoms. The van der Waals surface area contributed by atoms with Crippen LogP contribution in [0.2, 0.25) is 5.02 Å². The Bertz CT molecular complexity index is 1460. The first kappa shape index (κ1) is 19.2. The molecule has 0 unspecified atom stereocenters. The van der Waals surface area contributed by atoms with Crippen LogP contribution in [0.3, 0.4) is 0 Å². The smallest absolute Gasteiger partial charge is 0.345 e. The van der Waals surface area contributed by atoms with E-state index in [2.05, 4.69) is 0 Å². The Morgan fingerprint density at radius 1 is 0.677 bits per heavy atom. The molecule has 0 spiro atoms. The number of hydrogen-bond donors (Lipinski definition) is 1. The van der Waals surface area contributed by atoms with Crippen LogP contribution in [-0.4, -0.2) is 11.1 Å². The van der Waals surface area contributed by atoms with Crippen LogP contribution in [0.5, 0.6) is 11.5 Å². The lowest BCUT2D eigenvalue weighted by Crippen LogP contribution is -2.10. The number of phenols is 1. The second-order valence-electron chi connectivity index (χ2n) is 7.21. The molecule has 0 aliphatic carbocycles. The van der Waals surface area contributed by atoms with E-state index in [-0.39, 0.29) is 11.3 Å². The molecule has 0 radical (unpaired) electrons. The van der Waals surface area contributed by atoms with Gasteiger partial charge in [-0.15, -0.1) is 0 Å². The van der Waals surface area contributed by atoms with Crippen molar-refractivity contribution in [2.75, 3.05) is 0 Å². The zero-order valence-electron chi connectivity index (χ0n) is 16.4. The first-order chi connectivity index (χ1) is 15.1. The van der Waals surface area contributed by atoms with Crippen LogP contribution in [0, 0.1) is 0 Å². The molecule has 150 valence electrons. The minimum Gasteiger partial charge on any atom is -0.507 e.